The second-order valence-corrected chi connectivity index (χ2v) is 8.11. The van der Waals surface area contributed by atoms with Crippen LogP contribution in [0.3, 0.4) is 0 Å². The topological polar surface area (TPSA) is 107 Å². The lowest BCUT2D eigenvalue weighted by atomic mass is 9.97. The van der Waals surface area contributed by atoms with Gasteiger partial charge in [-0.15, -0.1) is 0 Å². The molecule has 1 fully saturated rings. The standard InChI is InChI=1S/C21H21Cl2N5O2/c22-14-5-4-13(10-15(14)23)20(29)28-8-6-12(7-9-28)11-30-17-3-1-2-16-18(17)19(24)27-21(25)26-16/h1-5,10,12H,6-9,11H2,(H4,24,25,26,27). The van der Waals surface area contributed by atoms with E-state index >= 15 is 0 Å². The van der Waals surface area contributed by atoms with Gasteiger partial charge in [-0.3, -0.25) is 4.79 Å². The quantitative estimate of drug-likeness (QED) is 0.627. The number of likely N-dealkylation sites (tertiary alicyclic amines) is 1. The maximum atomic E-state index is 12.7. The van der Waals surface area contributed by atoms with Crippen LogP contribution < -0.4 is 16.2 Å². The highest BCUT2D eigenvalue weighted by Gasteiger charge is 2.24. The molecular weight excluding hydrogens is 425 g/mol. The molecule has 1 aliphatic heterocycles. The third-order valence-corrected chi connectivity index (χ3v) is 6.01. The molecule has 3 aromatic rings. The predicted octanol–water partition coefficient (Wildman–Crippen LogP) is 4.03. The molecule has 4 rings (SSSR count). The van der Waals surface area contributed by atoms with Crippen molar-refractivity contribution in [2.75, 3.05) is 31.2 Å². The van der Waals surface area contributed by atoms with E-state index in [0.717, 1.165) is 12.8 Å². The van der Waals surface area contributed by atoms with Crippen molar-refractivity contribution in [1.82, 2.24) is 14.9 Å². The van der Waals surface area contributed by atoms with E-state index in [0.29, 0.717) is 63.7 Å². The van der Waals surface area contributed by atoms with Crippen molar-refractivity contribution >= 4 is 51.8 Å². The minimum atomic E-state index is -0.0375. The maximum absolute atomic E-state index is 12.7. The summed E-state index contributed by atoms with van der Waals surface area (Å²) in [5.41, 5.74) is 12.9. The summed E-state index contributed by atoms with van der Waals surface area (Å²) in [7, 11) is 0. The van der Waals surface area contributed by atoms with Gasteiger partial charge in [-0.1, -0.05) is 29.3 Å². The molecule has 0 unspecified atom stereocenters. The Hall–Kier alpha value is -2.77. The van der Waals surface area contributed by atoms with Crippen molar-refractivity contribution in [2.24, 2.45) is 5.92 Å². The minimum Gasteiger partial charge on any atom is -0.492 e. The lowest BCUT2D eigenvalue weighted by Gasteiger charge is -2.32. The number of amides is 1. The normalized spacial score (nSPS) is 14.8. The van der Waals surface area contributed by atoms with Crippen LogP contribution >= 0.6 is 23.2 Å². The Morgan fingerprint density at radius 2 is 1.87 bits per heavy atom. The molecule has 0 radical (unpaired) electrons. The van der Waals surface area contributed by atoms with E-state index in [1.165, 1.54) is 0 Å². The number of nitrogens with two attached hydrogens (primary N) is 2. The summed E-state index contributed by atoms with van der Waals surface area (Å²) in [5, 5.41) is 1.48. The molecule has 0 bridgehead atoms. The van der Waals surface area contributed by atoms with E-state index in [2.05, 4.69) is 9.97 Å². The van der Waals surface area contributed by atoms with Crippen LogP contribution in [-0.2, 0) is 0 Å². The Kier molecular flexibility index (Phi) is 5.83. The van der Waals surface area contributed by atoms with Crippen LogP contribution in [0.15, 0.2) is 36.4 Å². The van der Waals surface area contributed by atoms with Gasteiger partial charge in [-0.05, 0) is 49.1 Å². The maximum Gasteiger partial charge on any atom is 0.253 e. The van der Waals surface area contributed by atoms with E-state index in [9.17, 15) is 4.79 Å². The molecule has 30 heavy (non-hydrogen) atoms. The number of fused-ring (bicyclic) bond motifs is 1. The summed E-state index contributed by atoms with van der Waals surface area (Å²) in [6.45, 7) is 1.84. The summed E-state index contributed by atoms with van der Waals surface area (Å²) in [6, 6.07) is 10.5. The zero-order valence-electron chi connectivity index (χ0n) is 16.1. The van der Waals surface area contributed by atoms with Gasteiger partial charge in [0.1, 0.15) is 11.6 Å². The first-order valence-corrected chi connectivity index (χ1v) is 10.4. The summed E-state index contributed by atoms with van der Waals surface area (Å²) in [6.07, 6.45) is 1.69. The van der Waals surface area contributed by atoms with Gasteiger partial charge < -0.3 is 21.1 Å². The number of halogens is 2. The Bertz CT molecular complexity index is 1100. The highest BCUT2D eigenvalue weighted by molar-refractivity contribution is 6.42. The first-order valence-electron chi connectivity index (χ1n) is 9.61. The number of nitrogens with zero attached hydrogens (tertiary/aromatic N) is 3. The number of nitrogen functional groups attached to an aromatic ring is 2. The monoisotopic (exact) mass is 445 g/mol. The van der Waals surface area contributed by atoms with Gasteiger partial charge in [0.05, 0.1) is 27.6 Å². The molecule has 0 aliphatic carbocycles. The van der Waals surface area contributed by atoms with Crippen molar-refractivity contribution < 1.29 is 9.53 Å². The molecule has 4 N–H and O–H groups in total. The molecule has 156 valence electrons. The smallest absolute Gasteiger partial charge is 0.253 e. The summed E-state index contributed by atoms with van der Waals surface area (Å²) in [4.78, 5) is 22.8. The molecular formula is C21H21Cl2N5O2. The van der Waals surface area contributed by atoms with Gasteiger partial charge in [0, 0.05) is 18.7 Å². The molecule has 7 nitrogen and oxygen atoms in total. The van der Waals surface area contributed by atoms with Gasteiger partial charge in [0.25, 0.3) is 5.91 Å². The van der Waals surface area contributed by atoms with Crippen LogP contribution in [0.5, 0.6) is 5.75 Å². The van der Waals surface area contributed by atoms with E-state index < -0.39 is 0 Å². The molecule has 0 atom stereocenters. The molecule has 0 saturated carbocycles. The predicted molar refractivity (Wildman–Crippen MR) is 119 cm³/mol. The number of hydrogen-bond donors (Lipinski definition) is 2. The lowest BCUT2D eigenvalue weighted by molar-refractivity contribution is 0.0661. The summed E-state index contributed by atoms with van der Waals surface area (Å²) < 4.78 is 6.05. The fourth-order valence-corrected chi connectivity index (χ4v) is 3.94. The first-order chi connectivity index (χ1) is 14.4. The first kappa shape index (κ1) is 20.5. The Morgan fingerprint density at radius 3 is 2.60 bits per heavy atom. The number of anilines is 2. The molecule has 1 aliphatic rings. The van der Waals surface area contributed by atoms with Gasteiger partial charge in [-0.25, -0.2) is 4.98 Å². The van der Waals surface area contributed by atoms with Gasteiger partial charge in [-0.2, -0.15) is 4.98 Å². The minimum absolute atomic E-state index is 0.0375. The highest BCUT2D eigenvalue weighted by atomic mass is 35.5. The van der Waals surface area contributed by atoms with E-state index in [4.69, 9.17) is 39.4 Å². The number of hydrogen-bond acceptors (Lipinski definition) is 6. The third kappa shape index (κ3) is 4.22. The van der Waals surface area contributed by atoms with Gasteiger partial charge >= 0.3 is 0 Å². The highest BCUT2D eigenvalue weighted by Crippen LogP contribution is 2.30. The molecule has 1 saturated heterocycles. The SMILES string of the molecule is Nc1nc(N)c2c(OCC3CCN(C(=O)c4ccc(Cl)c(Cl)c4)CC3)cccc2n1. The Morgan fingerprint density at radius 1 is 1.10 bits per heavy atom. The number of rotatable bonds is 4. The summed E-state index contributed by atoms with van der Waals surface area (Å²) >= 11 is 12.0. The Labute approximate surface area is 183 Å². The zero-order valence-corrected chi connectivity index (χ0v) is 17.7. The number of benzene rings is 2. The lowest BCUT2D eigenvalue weighted by Crippen LogP contribution is -2.39. The number of carbonyl (C=O) groups excluding carboxylic acids is 1. The summed E-state index contributed by atoms with van der Waals surface area (Å²) in [5.74, 6) is 1.36. The van der Waals surface area contributed by atoms with Crippen molar-refractivity contribution in [1.29, 1.82) is 0 Å². The Balaban J connectivity index is 1.37. The van der Waals surface area contributed by atoms with E-state index in [1.807, 2.05) is 23.1 Å². The number of carbonyl (C=O) groups is 1. The molecule has 1 amide bonds. The molecule has 2 aromatic carbocycles. The van der Waals surface area contributed by atoms with Crippen LogP contribution in [0.2, 0.25) is 10.0 Å². The number of piperidine rings is 1. The number of aromatic nitrogens is 2. The molecule has 9 heteroatoms. The van der Waals surface area contributed by atoms with Crippen molar-refractivity contribution in [2.45, 2.75) is 12.8 Å². The largest absolute Gasteiger partial charge is 0.492 e. The molecule has 2 heterocycles. The van der Waals surface area contributed by atoms with Crippen molar-refractivity contribution in [3.8, 4) is 5.75 Å². The van der Waals surface area contributed by atoms with Gasteiger partial charge in [0.15, 0.2) is 0 Å². The number of ether oxygens (including phenoxy) is 1. The third-order valence-electron chi connectivity index (χ3n) is 5.27. The average molecular weight is 446 g/mol. The van der Waals surface area contributed by atoms with Crippen molar-refractivity contribution in [3.05, 3.63) is 52.0 Å². The zero-order chi connectivity index (χ0) is 21.3. The van der Waals surface area contributed by atoms with Gasteiger partial charge in [0.2, 0.25) is 5.95 Å². The fraction of sp³-hybridized carbons (Fsp3) is 0.286. The van der Waals surface area contributed by atoms with Crippen LogP contribution in [-0.4, -0.2) is 40.5 Å². The second kappa shape index (κ2) is 8.53. The van der Waals surface area contributed by atoms with Crippen molar-refractivity contribution in [3.63, 3.8) is 0 Å². The average Bonchev–Trinajstić information content (AvgIpc) is 2.73. The molecule has 1 aromatic heterocycles. The van der Waals surface area contributed by atoms with Crippen LogP contribution in [0.4, 0.5) is 11.8 Å². The van der Waals surface area contributed by atoms with Crippen LogP contribution in [0.1, 0.15) is 23.2 Å². The second-order valence-electron chi connectivity index (χ2n) is 7.29. The van der Waals surface area contributed by atoms with E-state index in [1.54, 1.807) is 18.2 Å². The van der Waals surface area contributed by atoms with Crippen LogP contribution in [0, 0.1) is 5.92 Å². The fourth-order valence-electron chi connectivity index (χ4n) is 3.64. The molecule has 0 spiro atoms. The van der Waals surface area contributed by atoms with Crippen LogP contribution in [0.25, 0.3) is 10.9 Å². The van der Waals surface area contributed by atoms with E-state index in [-0.39, 0.29) is 11.9 Å².